The van der Waals surface area contributed by atoms with Gasteiger partial charge in [-0.25, -0.2) is 4.98 Å². The number of piperidine rings is 1. The summed E-state index contributed by atoms with van der Waals surface area (Å²) < 4.78 is 7.05. The number of hydrogen-bond donors (Lipinski definition) is 1. The minimum absolute atomic E-state index is 0.188. The molecule has 1 aromatic carbocycles. The number of halogens is 1. The van der Waals surface area contributed by atoms with Crippen LogP contribution in [0.4, 0.5) is 5.82 Å². The molecule has 7 heteroatoms. The van der Waals surface area contributed by atoms with Gasteiger partial charge in [-0.3, -0.25) is 0 Å². The number of benzene rings is 1. The van der Waals surface area contributed by atoms with Crippen LogP contribution in [0.1, 0.15) is 12.8 Å². The maximum atomic E-state index is 6.45. The van der Waals surface area contributed by atoms with E-state index in [0.717, 1.165) is 42.0 Å². The van der Waals surface area contributed by atoms with Crippen molar-refractivity contribution in [3.05, 3.63) is 58.2 Å². The lowest BCUT2D eigenvalue weighted by molar-refractivity contribution is 0.236. The van der Waals surface area contributed by atoms with Gasteiger partial charge < -0.3 is 20.3 Å². The summed E-state index contributed by atoms with van der Waals surface area (Å²) >= 11 is 5.16. The van der Waals surface area contributed by atoms with Crippen LogP contribution >= 0.6 is 27.7 Å². The first-order valence-electron chi connectivity index (χ1n) is 9.09. The number of allylic oxidation sites excluding steroid dienone is 1. The van der Waals surface area contributed by atoms with Gasteiger partial charge in [-0.15, -0.1) is 0 Å². The van der Waals surface area contributed by atoms with E-state index in [0.29, 0.717) is 11.7 Å². The lowest BCUT2D eigenvalue weighted by atomic mass is 9.93. The van der Waals surface area contributed by atoms with Crippen molar-refractivity contribution in [1.29, 1.82) is 0 Å². The lowest BCUT2D eigenvalue weighted by Crippen LogP contribution is -2.40. The second-order valence-electron chi connectivity index (χ2n) is 6.91. The highest BCUT2D eigenvalue weighted by molar-refractivity contribution is 9.10. The topological polar surface area (TPSA) is 54.6 Å². The molecule has 2 aliphatic rings. The van der Waals surface area contributed by atoms with E-state index in [1.165, 1.54) is 5.70 Å². The quantitative estimate of drug-likeness (QED) is 0.739. The van der Waals surface area contributed by atoms with Crippen LogP contribution in [-0.4, -0.2) is 35.5 Å². The van der Waals surface area contributed by atoms with Crippen LogP contribution in [0.15, 0.2) is 58.2 Å². The summed E-state index contributed by atoms with van der Waals surface area (Å²) in [6.07, 6.45) is 4.07. The number of hydrogen-bond acceptors (Lipinski definition) is 6. The van der Waals surface area contributed by atoms with Crippen LogP contribution in [-0.2, 0) is 0 Å². The van der Waals surface area contributed by atoms with Crippen LogP contribution < -0.4 is 15.4 Å². The van der Waals surface area contributed by atoms with Gasteiger partial charge in [-0.2, -0.15) is 0 Å². The molecule has 27 heavy (non-hydrogen) atoms. The normalized spacial score (nSPS) is 21.4. The fourth-order valence-electron chi connectivity index (χ4n) is 3.53. The van der Waals surface area contributed by atoms with Gasteiger partial charge in [0.1, 0.15) is 11.2 Å². The molecule has 1 unspecified atom stereocenters. The molecule has 0 bridgehead atoms. The van der Waals surface area contributed by atoms with E-state index in [1.54, 1.807) is 18.0 Å². The molecule has 1 saturated heterocycles. The van der Waals surface area contributed by atoms with Gasteiger partial charge in [0.05, 0.1) is 0 Å². The standard InChI is InChI=1S/C20H23BrN4OS/c1-24-9-7-14(8-10-24)17-13-27-20(22)25(17)19-18(11-15(21)12-23-19)26-16-5-3-2-4-6-16/h2-6,11-14,20H,7-10,22H2,1H3. The number of nitrogens with zero attached hydrogens (tertiary/aromatic N) is 3. The number of nitrogens with two attached hydrogens (primary N) is 1. The Morgan fingerprint density at radius 2 is 1.96 bits per heavy atom. The van der Waals surface area contributed by atoms with E-state index >= 15 is 0 Å². The number of rotatable bonds is 4. The zero-order valence-corrected chi connectivity index (χ0v) is 17.6. The maximum absolute atomic E-state index is 6.45. The third-order valence-electron chi connectivity index (χ3n) is 5.00. The van der Waals surface area contributed by atoms with Crippen LogP contribution in [0.3, 0.4) is 0 Å². The second kappa shape index (κ2) is 8.22. The summed E-state index contributed by atoms with van der Waals surface area (Å²) in [5, 5.41) is 2.21. The van der Waals surface area contributed by atoms with Gasteiger partial charge in [0.15, 0.2) is 11.6 Å². The molecule has 0 spiro atoms. The summed E-state index contributed by atoms with van der Waals surface area (Å²) in [5.41, 5.74) is 7.52. The van der Waals surface area contributed by atoms with Crippen molar-refractivity contribution in [1.82, 2.24) is 9.88 Å². The smallest absolute Gasteiger partial charge is 0.178 e. The number of ether oxygens (including phenoxy) is 1. The first-order valence-corrected chi connectivity index (χ1v) is 10.8. The number of para-hydroxylation sites is 1. The Balaban J connectivity index is 1.65. The Bertz CT molecular complexity index is 824. The summed E-state index contributed by atoms with van der Waals surface area (Å²) in [6, 6.07) is 11.7. The highest BCUT2D eigenvalue weighted by Crippen LogP contribution is 2.43. The summed E-state index contributed by atoms with van der Waals surface area (Å²) in [7, 11) is 2.18. The Morgan fingerprint density at radius 3 is 2.70 bits per heavy atom. The van der Waals surface area contributed by atoms with E-state index in [1.807, 2.05) is 36.4 Å². The number of likely N-dealkylation sites (tertiary alicyclic amines) is 1. The van der Waals surface area contributed by atoms with E-state index < -0.39 is 0 Å². The third-order valence-corrected chi connectivity index (χ3v) is 6.30. The fraction of sp³-hybridized carbons (Fsp3) is 0.350. The first kappa shape index (κ1) is 18.8. The average molecular weight is 447 g/mol. The van der Waals surface area contributed by atoms with Gasteiger partial charge in [-0.1, -0.05) is 30.0 Å². The highest BCUT2D eigenvalue weighted by atomic mass is 79.9. The number of thioether (sulfide) groups is 1. The van der Waals surface area contributed by atoms with Crippen molar-refractivity contribution in [3.8, 4) is 11.5 Å². The predicted molar refractivity (Wildman–Crippen MR) is 115 cm³/mol. The minimum atomic E-state index is -0.188. The lowest BCUT2D eigenvalue weighted by Gasteiger charge is -2.35. The van der Waals surface area contributed by atoms with Crippen molar-refractivity contribution < 1.29 is 4.74 Å². The number of aromatic nitrogens is 1. The SMILES string of the molecule is CN1CCC(C2=CSC(N)N2c2ncc(Br)cc2Oc2ccccc2)CC1. The molecule has 142 valence electrons. The van der Waals surface area contributed by atoms with E-state index in [9.17, 15) is 0 Å². The molecule has 4 rings (SSSR count). The molecule has 2 aromatic rings. The van der Waals surface area contributed by atoms with Gasteiger partial charge in [0, 0.05) is 28.4 Å². The van der Waals surface area contributed by atoms with Crippen molar-refractivity contribution in [2.75, 3.05) is 25.0 Å². The Kier molecular flexibility index (Phi) is 5.73. The van der Waals surface area contributed by atoms with Crippen LogP contribution in [0.25, 0.3) is 0 Å². The molecule has 1 fully saturated rings. The van der Waals surface area contributed by atoms with E-state index in [-0.39, 0.29) is 5.50 Å². The van der Waals surface area contributed by atoms with Crippen molar-refractivity contribution in [2.24, 2.45) is 11.7 Å². The molecule has 2 aliphatic heterocycles. The Hall–Kier alpha value is -1.54. The fourth-order valence-corrected chi connectivity index (χ4v) is 4.77. The van der Waals surface area contributed by atoms with Crippen LogP contribution in [0.5, 0.6) is 11.5 Å². The molecule has 1 atom stereocenters. The molecule has 1 aromatic heterocycles. The molecular formula is C20H23BrN4OS. The average Bonchev–Trinajstić information content (AvgIpc) is 3.05. The monoisotopic (exact) mass is 446 g/mol. The maximum Gasteiger partial charge on any atom is 0.178 e. The molecular weight excluding hydrogens is 424 g/mol. The van der Waals surface area contributed by atoms with Crippen molar-refractivity contribution in [2.45, 2.75) is 18.3 Å². The zero-order chi connectivity index (χ0) is 18.8. The summed E-state index contributed by atoms with van der Waals surface area (Å²) in [6.45, 7) is 2.22. The summed E-state index contributed by atoms with van der Waals surface area (Å²) in [4.78, 5) is 9.20. The molecule has 5 nitrogen and oxygen atoms in total. The minimum Gasteiger partial charge on any atom is -0.453 e. The molecule has 0 aliphatic carbocycles. The van der Waals surface area contributed by atoms with E-state index in [4.69, 9.17) is 10.5 Å². The number of pyridine rings is 1. The molecule has 0 radical (unpaired) electrons. The number of anilines is 1. The molecule has 0 amide bonds. The first-order chi connectivity index (χ1) is 13.1. The van der Waals surface area contributed by atoms with Crippen molar-refractivity contribution in [3.63, 3.8) is 0 Å². The van der Waals surface area contributed by atoms with Gasteiger partial charge in [-0.05, 0) is 66.4 Å². The highest BCUT2D eigenvalue weighted by Gasteiger charge is 2.34. The van der Waals surface area contributed by atoms with Crippen molar-refractivity contribution >= 4 is 33.5 Å². The summed E-state index contributed by atoms with van der Waals surface area (Å²) in [5.74, 6) is 2.75. The van der Waals surface area contributed by atoms with E-state index in [2.05, 4.69) is 43.2 Å². The van der Waals surface area contributed by atoms with Gasteiger partial charge in [0.2, 0.25) is 0 Å². The third kappa shape index (κ3) is 4.16. The predicted octanol–water partition coefficient (Wildman–Crippen LogP) is 4.62. The van der Waals surface area contributed by atoms with Gasteiger partial charge in [0.25, 0.3) is 0 Å². The van der Waals surface area contributed by atoms with Crippen LogP contribution in [0.2, 0.25) is 0 Å². The largest absolute Gasteiger partial charge is 0.453 e. The molecule has 2 N–H and O–H groups in total. The Morgan fingerprint density at radius 1 is 1.22 bits per heavy atom. The molecule has 3 heterocycles. The molecule has 0 saturated carbocycles. The Labute approximate surface area is 172 Å². The van der Waals surface area contributed by atoms with Crippen LogP contribution in [0, 0.1) is 5.92 Å². The zero-order valence-electron chi connectivity index (χ0n) is 15.2. The van der Waals surface area contributed by atoms with Gasteiger partial charge >= 0.3 is 0 Å². The second-order valence-corrected chi connectivity index (χ2v) is 8.81.